The van der Waals surface area contributed by atoms with E-state index in [2.05, 4.69) is 24.0 Å². The highest BCUT2D eigenvalue weighted by molar-refractivity contribution is 5.33. The van der Waals surface area contributed by atoms with Crippen molar-refractivity contribution in [3.8, 4) is 5.75 Å². The van der Waals surface area contributed by atoms with Crippen LogP contribution in [0.4, 0.5) is 0 Å². The summed E-state index contributed by atoms with van der Waals surface area (Å²) in [7, 11) is 1.74. The molecule has 1 aromatic carbocycles. The quantitative estimate of drug-likeness (QED) is 0.886. The summed E-state index contributed by atoms with van der Waals surface area (Å²) in [5.74, 6) is 0.991. The number of nitrogens with two attached hydrogens (primary N) is 1. The van der Waals surface area contributed by atoms with Crippen LogP contribution in [0.3, 0.4) is 0 Å². The van der Waals surface area contributed by atoms with Crippen molar-refractivity contribution >= 4 is 0 Å². The first-order chi connectivity index (χ1) is 8.70. The number of piperidine rings is 1. The second kappa shape index (κ2) is 6.21. The predicted octanol–water partition coefficient (Wildman–Crippen LogP) is 2.05. The summed E-state index contributed by atoms with van der Waals surface area (Å²) in [5.41, 5.74) is 7.33. The first kappa shape index (κ1) is 13.4. The fraction of sp³-hybridized carbons (Fsp3) is 0.600. The van der Waals surface area contributed by atoms with E-state index in [1.807, 2.05) is 12.1 Å². The maximum absolute atomic E-state index is 6.05. The Hall–Kier alpha value is -1.06. The van der Waals surface area contributed by atoms with Crippen LogP contribution in [0.1, 0.15) is 25.3 Å². The minimum atomic E-state index is 0.346. The van der Waals surface area contributed by atoms with Gasteiger partial charge in [-0.15, -0.1) is 0 Å². The molecule has 1 heterocycles. The predicted molar refractivity (Wildman–Crippen MR) is 74.9 cm³/mol. The summed E-state index contributed by atoms with van der Waals surface area (Å²) >= 11 is 0. The largest absolute Gasteiger partial charge is 0.496 e. The average Bonchev–Trinajstić information content (AvgIpc) is 2.39. The smallest absolute Gasteiger partial charge is 0.122 e. The number of rotatable bonds is 4. The van der Waals surface area contributed by atoms with Crippen LogP contribution in [0.15, 0.2) is 24.3 Å². The Balaban J connectivity index is 1.99. The summed E-state index contributed by atoms with van der Waals surface area (Å²) in [6.07, 6.45) is 3.41. The molecule has 0 spiro atoms. The highest BCUT2D eigenvalue weighted by Gasteiger charge is 2.21. The van der Waals surface area contributed by atoms with Crippen molar-refractivity contribution < 1.29 is 4.74 Å². The zero-order chi connectivity index (χ0) is 13.0. The number of likely N-dealkylation sites (tertiary alicyclic amines) is 1. The highest BCUT2D eigenvalue weighted by atomic mass is 16.5. The summed E-state index contributed by atoms with van der Waals surface area (Å²) in [4.78, 5) is 2.50. The Morgan fingerprint density at radius 1 is 1.44 bits per heavy atom. The second-order valence-corrected chi connectivity index (χ2v) is 5.26. The molecule has 2 N–H and O–H groups in total. The Morgan fingerprint density at radius 3 is 2.94 bits per heavy atom. The standard InChI is InChI=1S/C15H24N2O/c1-12(17-9-5-7-14(16)11-17)10-13-6-3-4-8-15(13)18-2/h3-4,6,8,12,14H,5,7,9-11,16H2,1-2H3. The van der Waals surface area contributed by atoms with E-state index < -0.39 is 0 Å². The van der Waals surface area contributed by atoms with Crippen LogP contribution < -0.4 is 10.5 Å². The molecule has 0 bridgehead atoms. The van der Waals surface area contributed by atoms with E-state index >= 15 is 0 Å². The number of benzene rings is 1. The van der Waals surface area contributed by atoms with Crippen molar-refractivity contribution in [2.24, 2.45) is 5.73 Å². The fourth-order valence-electron chi connectivity index (χ4n) is 2.76. The van der Waals surface area contributed by atoms with Crippen molar-refractivity contribution in [3.05, 3.63) is 29.8 Å². The molecule has 2 rings (SSSR count). The van der Waals surface area contributed by atoms with Gasteiger partial charge in [0.1, 0.15) is 5.75 Å². The molecule has 1 saturated heterocycles. The molecular formula is C15H24N2O. The normalized spacial score (nSPS) is 22.7. The molecule has 0 aliphatic carbocycles. The molecule has 2 unspecified atom stereocenters. The molecule has 1 aliphatic heterocycles. The lowest BCUT2D eigenvalue weighted by atomic mass is 10.0. The molecule has 0 aromatic heterocycles. The Morgan fingerprint density at radius 2 is 2.22 bits per heavy atom. The van der Waals surface area contributed by atoms with Gasteiger partial charge in [0.2, 0.25) is 0 Å². The maximum Gasteiger partial charge on any atom is 0.122 e. The lowest BCUT2D eigenvalue weighted by Gasteiger charge is -2.35. The van der Waals surface area contributed by atoms with Gasteiger partial charge in [-0.3, -0.25) is 4.90 Å². The highest BCUT2D eigenvalue weighted by Crippen LogP contribution is 2.21. The van der Waals surface area contributed by atoms with E-state index in [4.69, 9.17) is 10.5 Å². The first-order valence-corrected chi connectivity index (χ1v) is 6.82. The van der Waals surface area contributed by atoms with E-state index in [-0.39, 0.29) is 0 Å². The number of para-hydroxylation sites is 1. The SMILES string of the molecule is COc1ccccc1CC(C)N1CCCC(N)C1. The van der Waals surface area contributed by atoms with Crippen LogP contribution in [-0.2, 0) is 6.42 Å². The number of hydrogen-bond acceptors (Lipinski definition) is 3. The van der Waals surface area contributed by atoms with Gasteiger partial charge in [0, 0.05) is 18.6 Å². The van der Waals surface area contributed by atoms with Crippen molar-refractivity contribution in [1.82, 2.24) is 4.90 Å². The third kappa shape index (κ3) is 3.24. The number of nitrogens with zero attached hydrogens (tertiary/aromatic N) is 1. The van der Waals surface area contributed by atoms with E-state index in [1.165, 1.54) is 18.5 Å². The summed E-state index contributed by atoms with van der Waals surface area (Å²) in [6, 6.07) is 9.14. The Kier molecular flexibility index (Phi) is 4.61. The van der Waals surface area contributed by atoms with Crippen LogP contribution in [-0.4, -0.2) is 37.2 Å². The molecule has 1 aromatic rings. The Bertz CT molecular complexity index is 381. The van der Waals surface area contributed by atoms with Crippen molar-refractivity contribution in [3.63, 3.8) is 0 Å². The monoisotopic (exact) mass is 248 g/mol. The van der Waals surface area contributed by atoms with E-state index in [0.29, 0.717) is 12.1 Å². The molecule has 0 amide bonds. The van der Waals surface area contributed by atoms with Gasteiger partial charge in [0.25, 0.3) is 0 Å². The van der Waals surface area contributed by atoms with E-state index in [9.17, 15) is 0 Å². The molecule has 2 atom stereocenters. The molecule has 3 heteroatoms. The van der Waals surface area contributed by atoms with Gasteiger partial charge in [-0.2, -0.15) is 0 Å². The molecule has 0 radical (unpaired) electrons. The summed E-state index contributed by atoms with van der Waals surface area (Å²) in [6.45, 7) is 4.48. The summed E-state index contributed by atoms with van der Waals surface area (Å²) in [5, 5.41) is 0. The van der Waals surface area contributed by atoms with Gasteiger partial charge in [-0.1, -0.05) is 18.2 Å². The van der Waals surface area contributed by atoms with Crippen LogP contribution in [0.5, 0.6) is 5.75 Å². The van der Waals surface area contributed by atoms with Crippen LogP contribution in [0.25, 0.3) is 0 Å². The minimum absolute atomic E-state index is 0.346. The zero-order valence-corrected chi connectivity index (χ0v) is 11.4. The first-order valence-electron chi connectivity index (χ1n) is 6.82. The van der Waals surface area contributed by atoms with Gasteiger partial charge in [-0.25, -0.2) is 0 Å². The minimum Gasteiger partial charge on any atom is -0.496 e. The molecule has 1 fully saturated rings. The van der Waals surface area contributed by atoms with Crippen molar-refractivity contribution in [2.45, 2.75) is 38.3 Å². The van der Waals surface area contributed by atoms with Crippen molar-refractivity contribution in [1.29, 1.82) is 0 Å². The number of ether oxygens (including phenoxy) is 1. The van der Waals surface area contributed by atoms with Gasteiger partial charge in [0.05, 0.1) is 7.11 Å². The van der Waals surface area contributed by atoms with Crippen molar-refractivity contribution in [2.75, 3.05) is 20.2 Å². The Labute approximate surface area is 110 Å². The van der Waals surface area contributed by atoms with Gasteiger partial charge in [-0.05, 0) is 44.4 Å². The number of hydrogen-bond donors (Lipinski definition) is 1. The molecule has 3 nitrogen and oxygen atoms in total. The van der Waals surface area contributed by atoms with Gasteiger partial charge >= 0.3 is 0 Å². The fourth-order valence-corrected chi connectivity index (χ4v) is 2.76. The van der Waals surface area contributed by atoms with E-state index in [1.54, 1.807) is 7.11 Å². The molecule has 18 heavy (non-hydrogen) atoms. The van der Waals surface area contributed by atoms with Crippen LogP contribution in [0.2, 0.25) is 0 Å². The maximum atomic E-state index is 6.05. The van der Waals surface area contributed by atoms with Crippen LogP contribution in [0, 0.1) is 0 Å². The summed E-state index contributed by atoms with van der Waals surface area (Å²) < 4.78 is 5.41. The van der Waals surface area contributed by atoms with Gasteiger partial charge < -0.3 is 10.5 Å². The second-order valence-electron chi connectivity index (χ2n) is 5.26. The lowest BCUT2D eigenvalue weighted by Crippen LogP contribution is -2.47. The number of methoxy groups -OCH3 is 1. The third-order valence-electron chi connectivity index (χ3n) is 3.82. The van der Waals surface area contributed by atoms with Crippen LogP contribution >= 0.6 is 0 Å². The lowest BCUT2D eigenvalue weighted by molar-refractivity contribution is 0.157. The molecule has 0 saturated carbocycles. The zero-order valence-electron chi connectivity index (χ0n) is 11.4. The topological polar surface area (TPSA) is 38.5 Å². The average molecular weight is 248 g/mol. The molecule has 1 aliphatic rings. The molecule has 100 valence electrons. The molecular weight excluding hydrogens is 224 g/mol. The third-order valence-corrected chi connectivity index (χ3v) is 3.82. The van der Waals surface area contributed by atoms with Gasteiger partial charge in [0.15, 0.2) is 0 Å². The van der Waals surface area contributed by atoms with E-state index in [0.717, 1.165) is 25.1 Å².